The van der Waals surface area contributed by atoms with Crippen molar-refractivity contribution in [1.82, 2.24) is 10.2 Å². The molecule has 0 saturated carbocycles. The minimum Gasteiger partial charge on any atom is -0.376 e. The predicted octanol–water partition coefficient (Wildman–Crippen LogP) is 2.20. The third-order valence-electron chi connectivity index (χ3n) is 3.50. The summed E-state index contributed by atoms with van der Waals surface area (Å²) in [5, 5.41) is 3.38. The molecule has 0 spiro atoms. The van der Waals surface area contributed by atoms with Crippen molar-refractivity contribution >= 4 is 0 Å². The lowest BCUT2D eigenvalue weighted by molar-refractivity contribution is -0.0211. The van der Waals surface area contributed by atoms with E-state index in [1.54, 1.807) is 6.07 Å². The van der Waals surface area contributed by atoms with Crippen LogP contribution in [0.15, 0.2) is 24.3 Å². The molecule has 0 aliphatic carbocycles. The zero-order chi connectivity index (χ0) is 13.7. The van der Waals surface area contributed by atoms with Gasteiger partial charge in [-0.25, -0.2) is 4.39 Å². The molecular formula is C15H23FN2O. The van der Waals surface area contributed by atoms with Crippen molar-refractivity contribution in [2.45, 2.75) is 26.0 Å². The number of nitrogens with one attached hydrogen (secondary N) is 1. The summed E-state index contributed by atoms with van der Waals surface area (Å²) in [5.41, 5.74) is 0.753. The van der Waals surface area contributed by atoms with E-state index in [0.717, 1.165) is 38.3 Å². The standard InChI is InChI=1S/C15H23FN2O/c1-3-17-15(13-6-4-5-7-14(13)16)11-18-8-9-19-12(2)10-18/h4-7,12,15,17H,3,8-11H2,1-2H3. The van der Waals surface area contributed by atoms with Crippen LogP contribution in [-0.2, 0) is 4.74 Å². The molecule has 2 unspecified atom stereocenters. The third kappa shape index (κ3) is 4.00. The van der Waals surface area contributed by atoms with E-state index in [2.05, 4.69) is 24.1 Å². The van der Waals surface area contributed by atoms with Crippen LogP contribution in [0, 0.1) is 5.82 Å². The molecule has 1 N–H and O–H groups in total. The van der Waals surface area contributed by atoms with Crippen molar-refractivity contribution in [3.8, 4) is 0 Å². The van der Waals surface area contributed by atoms with Crippen molar-refractivity contribution < 1.29 is 9.13 Å². The number of rotatable bonds is 5. The number of hydrogen-bond donors (Lipinski definition) is 1. The van der Waals surface area contributed by atoms with Gasteiger partial charge >= 0.3 is 0 Å². The van der Waals surface area contributed by atoms with Gasteiger partial charge in [-0.1, -0.05) is 25.1 Å². The SMILES string of the molecule is CCNC(CN1CCOC(C)C1)c1ccccc1F. The van der Waals surface area contributed by atoms with E-state index in [1.807, 2.05) is 12.1 Å². The fourth-order valence-corrected chi connectivity index (χ4v) is 2.59. The van der Waals surface area contributed by atoms with E-state index >= 15 is 0 Å². The molecule has 2 rings (SSSR count). The number of benzene rings is 1. The summed E-state index contributed by atoms with van der Waals surface area (Å²) >= 11 is 0. The highest BCUT2D eigenvalue weighted by Crippen LogP contribution is 2.19. The fourth-order valence-electron chi connectivity index (χ4n) is 2.59. The largest absolute Gasteiger partial charge is 0.376 e. The van der Waals surface area contributed by atoms with Gasteiger partial charge in [0.25, 0.3) is 0 Å². The van der Waals surface area contributed by atoms with Gasteiger partial charge in [0, 0.05) is 31.2 Å². The first-order valence-corrected chi connectivity index (χ1v) is 7.02. The van der Waals surface area contributed by atoms with Gasteiger partial charge in [-0.05, 0) is 19.5 Å². The highest BCUT2D eigenvalue weighted by atomic mass is 19.1. The number of likely N-dealkylation sites (N-methyl/N-ethyl adjacent to an activating group) is 1. The first-order chi connectivity index (χ1) is 9.20. The molecule has 0 radical (unpaired) electrons. The molecule has 1 heterocycles. The first kappa shape index (κ1) is 14.4. The number of nitrogens with zero attached hydrogens (tertiary/aromatic N) is 1. The quantitative estimate of drug-likeness (QED) is 0.884. The molecule has 0 aromatic heterocycles. The van der Waals surface area contributed by atoms with Crippen LogP contribution in [-0.4, -0.2) is 43.8 Å². The molecule has 3 nitrogen and oxygen atoms in total. The molecule has 1 aromatic carbocycles. The Hall–Kier alpha value is -0.970. The normalized spacial score (nSPS) is 22.4. The molecule has 106 valence electrons. The minimum absolute atomic E-state index is 0.0384. The second-order valence-corrected chi connectivity index (χ2v) is 5.07. The highest BCUT2D eigenvalue weighted by Gasteiger charge is 2.22. The summed E-state index contributed by atoms with van der Waals surface area (Å²) in [6.45, 7) is 8.38. The second-order valence-electron chi connectivity index (χ2n) is 5.07. The summed E-state index contributed by atoms with van der Waals surface area (Å²) in [6.07, 6.45) is 0.261. The predicted molar refractivity (Wildman–Crippen MR) is 74.7 cm³/mol. The molecule has 0 bridgehead atoms. The monoisotopic (exact) mass is 266 g/mol. The Morgan fingerprint density at radius 1 is 1.47 bits per heavy atom. The number of morpholine rings is 1. The van der Waals surface area contributed by atoms with Crippen molar-refractivity contribution in [3.05, 3.63) is 35.6 Å². The van der Waals surface area contributed by atoms with Crippen LogP contribution in [0.4, 0.5) is 4.39 Å². The van der Waals surface area contributed by atoms with Crippen LogP contribution < -0.4 is 5.32 Å². The molecule has 0 amide bonds. The summed E-state index contributed by atoms with van der Waals surface area (Å²) < 4.78 is 19.5. The van der Waals surface area contributed by atoms with Gasteiger partial charge in [-0.2, -0.15) is 0 Å². The van der Waals surface area contributed by atoms with Crippen molar-refractivity contribution in [2.24, 2.45) is 0 Å². The summed E-state index contributed by atoms with van der Waals surface area (Å²) in [6, 6.07) is 7.06. The topological polar surface area (TPSA) is 24.5 Å². The molecule has 2 atom stereocenters. The summed E-state index contributed by atoms with van der Waals surface area (Å²) in [5.74, 6) is -0.130. The number of halogens is 1. The van der Waals surface area contributed by atoms with Crippen molar-refractivity contribution in [1.29, 1.82) is 0 Å². The van der Waals surface area contributed by atoms with Crippen LogP contribution in [0.25, 0.3) is 0 Å². The third-order valence-corrected chi connectivity index (χ3v) is 3.50. The zero-order valence-corrected chi connectivity index (χ0v) is 11.7. The average molecular weight is 266 g/mol. The van der Waals surface area contributed by atoms with Crippen molar-refractivity contribution in [2.75, 3.05) is 32.8 Å². The van der Waals surface area contributed by atoms with Crippen LogP contribution in [0.5, 0.6) is 0 Å². The molecule has 1 aliphatic heterocycles. The van der Waals surface area contributed by atoms with E-state index in [9.17, 15) is 4.39 Å². The second kappa shape index (κ2) is 6.98. The first-order valence-electron chi connectivity index (χ1n) is 7.02. The van der Waals surface area contributed by atoms with Gasteiger partial charge in [-0.15, -0.1) is 0 Å². The summed E-state index contributed by atoms with van der Waals surface area (Å²) in [4.78, 5) is 2.34. The van der Waals surface area contributed by atoms with Gasteiger partial charge < -0.3 is 10.1 Å². The maximum absolute atomic E-state index is 13.9. The molecule has 1 saturated heterocycles. The zero-order valence-electron chi connectivity index (χ0n) is 11.7. The molecule has 1 fully saturated rings. The average Bonchev–Trinajstić information content (AvgIpc) is 2.39. The van der Waals surface area contributed by atoms with Gasteiger partial charge in [0.2, 0.25) is 0 Å². The Kier molecular flexibility index (Phi) is 5.31. The Morgan fingerprint density at radius 2 is 2.26 bits per heavy atom. The lowest BCUT2D eigenvalue weighted by Crippen LogP contribution is -2.45. The van der Waals surface area contributed by atoms with Crippen LogP contribution in [0.2, 0.25) is 0 Å². The maximum Gasteiger partial charge on any atom is 0.128 e. The van der Waals surface area contributed by atoms with Gasteiger partial charge in [-0.3, -0.25) is 4.90 Å². The lowest BCUT2D eigenvalue weighted by Gasteiger charge is -2.34. The Morgan fingerprint density at radius 3 is 2.95 bits per heavy atom. The Balaban J connectivity index is 2.05. The maximum atomic E-state index is 13.9. The van der Waals surface area contributed by atoms with Crippen LogP contribution in [0.1, 0.15) is 25.5 Å². The van der Waals surface area contributed by atoms with Crippen LogP contribution in [0.3, 0.4) is 0 Å². The summed E-state index contributed by atoms with van der Waals surface area (Å²) in [7, 11) is 0. The number of hydrogen-bond acceptors (Lipinski definition) is 3. The molecular weight excluding hydrogens is 243 g/mol. The van der Waals surface area contributed by atoms with Crippen LogP contribution >= 0.6 is 0 Å². The van der Waals surface area contributed by atoms with E-state index in [0.29, 0.717) is 0 Å². The van der Waals surface area contributed by atoms with Crippen molar-refractivity contribution in [3.63, 3.8) is 0 Å². The highest BCUT2D eigenvalue weighted by molar-refractivity contribution is 5.21. The minimum atomic E-state index is -0.130. The van der Waals surface area contributed by atoms with E-state index in [-0.39, 0.29) is 18.0 Å². The van der Waals surface area contributed by atoms with E-state index in [1.165, 1.54) is 6.07 Å². The van der Waals surface area contributed by atoms with E-state index < -0.39 is 0 Å². The van der Waals surface area contributed by atoms with Gasteiger partial charge in [0.1, 0.15) is 5.82 Å². The smallest absolute Gasteiger partial charge is 0.128 e. The molecule has 19 heavy (non-hydrogen) atoms. The Labute approximate surface area is 114 Å². The van der Waals surface area contributed by atoms with E-state index in [4.69, 9.17) is 4.74 Å². The molecule has 1 aliphatic rings. The lowest BCUT2D eigenvalue weighted by atomic mass is 10.1. The fraction of sp³-hybridized carbons (Fsp3) is 0.600. The number of ether oxygens (including phenoxy) is 1. The van der Waals surface area contributed by atoms with Gasteiger partial charge in [0.15, 0.2) is 0 Å². The Bertz CT molecular complexity index is 399. The molecule has 4 heteroatoms. The molecule has 1 aromatic rings. The van der Waals surface area contributed by atoms with Gasteiger partial charge in [0.05, 0.1) is 12.7 Å².